The number of halogens is 2. The SMILES string of the molecule is COc1cc2c(cc1F)nc(CCl)n2CCNC(N)=O. The Bertz CT molecular complexity index is 644. The van der Waals surface area contributed by atoms with Crippen LogP contribution in [0.5, 0.6) is 5.75 Å². The number of ether oxygens (including phenoxy) is 1. The summed E-state index contributed by atoms with van der Waals surface area (Å²) >= 11 is 5.84. The van der Waals surface area contributed by atoms with E-state index in [1.807, 2.05) is 0 Å². The van der Waals surface area contributed by atoms with E-state index in [9.17, 15) is 9.18 Å². The summed E-state index contributed by atoms with van der Waals surface area (Å²) in [6.45, 7) is 0.751. The van der Waals surface area contributed by atoms with E-state index in [0.29, 0.717) is 29.9 Å². The van der Waals surface area contributed by atoms with Gasteiger partial charge >= 0.3 is 6.03 Å². The molecule has 0 aliphatic heterocycles. The zero-order valence-corrected chi connectivity index (χ0v) is 11.6. The molecule has 2 amide bonds. The molecule has 0 aliphatic carbocycles. The van der Waals surface area contributed by atoms with Crippen molar-refractivity contribution in [2.75, 3.05) is 13.7 Å². The van der Waals surface area contributed by atoms with Gasteiger partial charge in [-0.3, -0.25) is 0 Å². The van der Waals surface area contributed by atoms with Crippen molar-refractivity contribution in [2.45, 2.75) is 12.4 Å². The average Bonchev–Trinajstić information content (AvgIpc) is 2.74. The highest BCUT2D eigenvalue weighted by Gasteiger charge is 2.14. The van der Waals surface area contributed by atoms with Crippen LogP contribution >= 0.6 is 11.6 Å². The lowest BCUT2D eigenvalue weighted by Gasteiger charge is -2.09. The molecule has 3 N–H and O–H groups in total. The first-order valence-electron chi connectivity index (χ1n) is 5.88. The van der Waals surface area contributed by atoms with Gasteiger partial charge in [0.25, 0.3) is 0 Å². The van der Waals surface area contributed by atoms with Gasteiger partial charge in [-0.1, -0.05) is 0 Å². The number of urea groups is 1. The molecule has 1 heterocycles. The monoisotopic (exact) mass is 300 g/mol. The Hall–Kier alpha value is -2.02. The molecule has 1 aromatic carbocycles. The predicted octanol–water partition coefficient (Wildman–Crippen LogP) is 1.59. The second-order valence-corrected chi connectivity index (χ2v) is 4.35. The highest BCUT2D eigenvalue weighted by atomic mass is 35.5. The van der Waals surface area contributed by atoms with Crippen molar-refractivity contribution in [1.82, 2.24) is 14.9 Å². The van der Waals surface area contributed by atoms with Gasteiger partial charge in [0.2, 0.25) is 0 Å². The van der Waals surface area contributed by atoms with E-state index in [0.717, 1.165) is 0 Å². The Morgan fingerprint density at radius 3 is 2.95 bits per heavy atom. The number of nitrogens with two attached hydrogens (primary N) is 1. The van der Waals surface area contributed by atoms with E-state index in [-0.39, 0.29) is 11.6 Å². The lowest BCUT2D eigenvalue weighted by molar-refractivity contribution is 0.248. The van der Waals surface area contributed by atoms with Crippen molar-refractivity contribution in [3.8, 4) is 5.75 Å². The Morgan fingerprint density at radius 1 is 1.60 bits per heavy atom. The van der Waals surface area contributed by atoms with E-state index < -0.39 is 11.8 Å². The molecule has 0 aliphatic rings. The van der Waals surface area contributed by atoms with Crippen molar-refractivity contribution in [3.63, 3.8) is 0 Å². The molecule has 6 nitrogen and oxygen atoms in total. The summed E-state index contributed by atoms with van der Waals surface area (Å²) in [5, 5.41) is 2.48. The quantitative estimate of drug-likeness (QED) is 0.823. The highest BCUT2D eigenvalue weighted by molar-refractivity contribution is 6.16. The summed E-state index contributed by atoms with van der Waals surface area (Å²) in [5.41, 5.74) is 6.18. The lowest BCUT2D eigenvalue weighted by Crippen LogP contribution is -2.32. The van der Waals surface area contributed by atoms with Crippen LogP contribution < -0.4 is 15.8 Å². The third kappa shape index (κ3) is 2.77. The topological polar surface area (TPSA) is 82.2 Å². The third-order valence-corrected chi connectivity index (χ3v) is 3.09. The second-order valence-electron chi connectivity index (χ2n) is 4.08. The summed E-state index contributed by atoms with van der Waals surface area (Å²) < 4.78 is 20.4. The standard InChI is InChI=1S/C12H14ClFN4O2/c1-20-10-5-9-8(4-7(10)14)17-11(6-13)18(9)3-2-16-12(15)19/h4-5H,2-3,6H2,1H3,(H3,15,16,19). The number of carbonyl (C=O) groups is 1. The number of nitrogens with zero attached hydrogens (tertiary/aromatic N) is 2. The normalized spacial score (nSPS) is 10.8. The largest absolute Gasteiger partial charge is 0.494 e. The summed E-state index contributed by atoms with van der Waals surface area (Å²) in [5.74, 6) is 0.402. The molecule has 2 rings (SSSR count). The number of methoxy groups -OCH3 is 1. The summed E-state index contributed by atoms with van der Waals surface area (Å²) in [7, 11) is 1.39. The predicted molar refractivity (Wildman–Crippen MR) is 73.4 cm³/mol. The number of primary amides is 1. The molecule has 20 heavy (non-hydrogen) atoms. The fourth-order valence-corrected chi connectivity index (χ4v) is 2.18. The zero-order chi connectivity index (χ0) is 14.7. The van der Waals surface area contributed by atoms with Crippen LogP contribution in [0.15, 0.2) is 12.1 Å². The van der Waals surface area contributed by atoms with E-state index in [1.165, 1.54) is 13.2 Å². The molecule has 108 valence electrons. The van der Waals surface area contributed by atoms with E-state index in [4.69, 9.17) is 22.1 Å². The van der Waals surface area contributed by atoms with Gasteiger partial charge in [0.15, 0.2) is 11.6 Å². The third-order valence-electron chi connectivity index (χ3n) is 2.86. The second kappa shape index (κ2) is 5.96. The van der Waals surface area contributed by atoms with Crippen LogP contribution in [0.3, 0.4) is 0 Å². The van der Waals surface area contributed by atoms with E-state index in [2.05, 4.69) is 10.3 Å². The Morgan fingerprint density at radius 2 is 2.35 bits per heavy atom. The highest BCUT2D eigenvalue weighted by Crippen LogP contribution is 2.25. The van der Waals surface area contributed by atoms with Gasteiger partial charge in [0, 0.05) is 25.2 Å². The molecule has 0 saturated heterocycles. The maximum atomic E-state index is 13.6. The van der Waals surface area contributed by atoms with Crippen LogP contribution in [-0.2, 0) is 12.4 Å². The molecular weight excluding hydrogens is 287 g/mol. The van der Waals surface area contributed by atoms with E-state index in [1.54, 1.807) is 10.6 Å². The van der Waals surface area contributed by atoms with Crippen LogP contribution in [0.4, 0.5) is 9.18 Å². The maximum Gasteiger partial charge on any atom is 0.312 e. The molecule has 0 spiro atoms. The van der Waals surface area contributed by atoms with Gasteiger partial charge in [-0.15, -0.1) is 11.6 Å². The first-order chi connectivity index (χ1) is 9.56. The summed E-state index contributed by atoms with van der Waals surface area (Å²) in [4.78, 5) is 14.9. The molecule has 0 radical (unpaired) electrons. The number of benzene rings is 1. The van der Waals surface area contributed by atoms with Crippen molar-refractivity contribution in [3.05, 3.63) is 23.8 Å². The number of imidazole rings is 1. The summed E-state index contributed by atoms with van der Waals surface area (Å²) in [6.07, 6.45) is 0. The number of amides is 2. The van der Waals surface area contributed by atoms with Crippen molar-refractivity contribution in [2.24, 2.45) is 5.73 Å². The maximum absolute atomic E-state index is 13.6. The van der Waals surface area contributed by atoms with Crippen molar-refractivity contribution < 1.29 is 13.9 Å². The minimum absolute atomic E-state index is 0.127. The first-order valence-corrected chi connectivity index (χ1v) is 6.42. The number of hydrogen-bond acceptors (Lipinski definition) is 3. The van der Waals surface area contributed by atoms with Crippen LogP contribution in [0.25, 0.3) is 11.0 Å². The smallest absolute Gasteiger partial charge is 0.312 e. The van der Waals surface area contributed by atoms with Gasteiger partial charge < -0.3 is 20.4 Å². The van der Waals surface area contributed by atoms with Gasteiger partial charge in [-0.2, -0.15) is 0 Å². The number of nitrogens with one attached hydrogen (secondary N) is 1. The van der Waals surface area contributed by atoms with Crippen LogP contribution in [-0.4, -0.2) is 29.2 Å². The summed E-state index contributed by atoms with van der Waals surface area (Å²) in [6, 6.07) is 2.24. The van der Waals surface area contributed by atoms with E-state index >= 15 is 0 Å². The average molecular weight is 301 g/mol. The molecular formula is C12H14ClFN4O2. The van der Waals surface area contributed by atoms with Gasteiger partial charge in [-0.05, 0) is 0 Å². The minimum Gasteiger partial charge on any atom is -0.494 e. The molecule has 0 saturated carbocycles. The number of fused-ring (bicyclic) bond motifs is 1. The zero-order valence-electron chi connectivity index (χ0n) is 10.8. The molecule has 1 aromatic heterocycles. The molecule has 2 aromatic rings. The number of alkyl halides is 1. The molecule has 0 bridgehead atoms. The lowest BCUT2D eigenvalue weighted by atomic mass is 10.3. The Balaban J connectivity index is 2.41. The van der Waals surface area contributed by atoms with Crippen LogP contribution in [0.1, 0.15) is 5.82 Å². The fourth-order valence-electron chi connectivity index (χ4n) is 1.98. The molecule has 0 unspecified atom stereocenters. The number of hydrogen-bond donors (Lipinski definition) is 2. The van der Waals surface area contributed by atoms with Gasteiger partial charge in [-0.25, -0.2) is 14.2 Å². The first kappa shape index (κ1) is 14.4. The molecule has 0 atom stereocenters. The van der Waals surface area contributed by atoms with Crippen LogP contribution in [0, 0.1) is 5.82 Å². The minimum atomic E-state index is -0.606. The number of rotatable bonds is 5. The van der Waals surface area contributed by atoms with Crippen molar-refractivity contribution >= 4 is 28.7 Å². The Kier molecular flexibility index (Phi) is 4.29. The number of aromatic nitrogens is 2. The Labute approximate surface area is 119 Å². The fraction of sp³-hybridized carbons (Fsp3) is 0.333. The van der Waals surface area contributed by atoms with Crippen molar-refractivity contribution in [1.29, 1.82) is 0 Å². The molecule has 0 fully saturated rings. The number of carbonyl (C=O) groups excluding carboxylic acids is 1. The van der Waals surface area contributed by atoms with Gasteiger partial charge in [0.05, 0.1) is 24.0 Å². The van der Waals surface area contributed by atoms with Crippen LogP contribution in [0.2, 0.25) is 0 Å². The van der Waals surface area contributed by atoms with Gasteiger partial charge in [0.1, 0.15) is 5.82 Å². The molecule has 8 heteroatoms.